The van der Waals surface area contributed by atoms with Crippen LogP contribution in [0.2, 0.25) is 0 Å². The number of rotatable bonds is 5. The molecule has 0 aliphatic carbocycles. The van der Waals surface area contributed by atoms with E-state index in [9.17, 15) is 0 Å². The SMILES string of the molecule is C\C=C/C(C)=C\C(C)=N\C(=C/C)c1ccc(CO)cc1. The Hall–Kier alpha value is -1.93. The van der Waals surface area contributed by atoms with Crippen LogP contribution in [0.25, 0.3) is 5.70 Å². The van der Waals surface area contributed by atoms with E-state index in [0.29, 0.717) is 0 Å². The van der Waals surface area contributed by atoms with Crippen LogP contribution in [0.3, 0.4) is 0 Å². The van der Waals surface area contributed by atoms with Crippen molar-refractivity contribution in [2.24, 2.45) is 4.99 Å². The molecule has 2 heteroatoms. The molecule has 0 fully saturated rings. The molecular formula is C18H23NO. The maximum absolute atomic E-state index is 9.06. The molecule has 0 amide bonds. The lowest BCUT2D eigenvalue weighted by molar-refractivity contribution is 0.282. The van der Waals surface area contributed by atoms with Crippen molar-refractivity contribution >= 4 is 11.4 Å². The zero-order chi connectivity index (χ0) is 15.0. The molecule has 0 bridgehead atoms. The monoisotopic (exact) mass is 269 g/mol. The van der Waals surface area contributed by atoms with Crippen LogP contribution in [0.1, 0.15) is 38.8 Å². The fourth-order valence-electron chi connectivity index (χ4n) is 1.94. The summed E-state index contributed by atoms with van der Waals surface area (Å²) in [7, 11) is 0. The minimum absolute atomic E-state index is 0.0685. The molecule has 1 rings (SSSR count). The maximum Gasteiger partial charge on any atom is 0.0681 e. The molecule has 0 radical (unpaired) electrons. The number of aliphatic hydroxyl groups is 1. The Labute approximate surface area is 121 Å². The normalized spacial score (nSPS) is 14.2. The second kappa shape index (κ2) is 8.28. The molecular weight excluding hydrogens is 246 g/mol. The van der Waals surface area contributed by atoms with E-state index < -0.39 is 0 Å². The van der Waals surface area contributed by atoms with E-state index in [1.54, 1.807) is 0 Å². The van der Waals surface area contributed by atoms with Crippen LogP contribution in [0.5, 0.6) is 0 Å². The van der Waals surface area contributed by atoms with Crippen molar-refractivity contribution < 1.29 is 5.11 Å². The number of benzene rings is 1. The summed E-state index contributed by atoms with van der Waals surface area (Å²) in [5, 5.41) is 9.06. The molecule has 0 unspecified atom stereocenters. The second-order valence-electron chi connectivity index (χ2n) is 4.67. The summed E-state index contributed by atoms with van der Waals surface area (Å²) < 4.78 is 0. The number of aliphatic hydroxyl groups excluding tert-OH is 1. The van der Waals surface area contributed by atoms with Crippen molar-refractivity contribution in [2.75, 3.05) is 0 Å². The van der Waals surface area contributed by atoms with E-state index in [0.717, 1.165) is 22.5 Å². The topological polar surface area (TPSA) is 32.6 Å². The predicted molar refractivity (Wildman–Crippen MR) is 87.7 cm³/mol. The van der Waals surface area contributed by atoms with E-state index in [-0.39, 0.29) is 6.61 Å². The maximum atomic E-state index is 9.06. The van der Waals surface area contributed by atoms with Crippen LogP contribution >= 0.6 is 0 Å². The highest BCUT2D eigenvalue weighted by Gasteiger charge is 2.00. The number of nitrogens with zero attached hydrogens (tertiary/aromatic N) is 1. The highest BCUT2D eigenvalue weighted by molar-refractivity contribution is 5.97. The molecule has 0 aromatic heterocycles. The van der Waals surface area contributed by atoms with Gasteiger partial charge in [-0.3, -0.25) is 4.99 Å². The standard InChI is InChI=1S/C18H23NO/c1-5-7-14(3)12-15(4)19-18(6-2)17-10-8-16(13-20)9-11-17/h5-12,20H,13H2,1-4H3/b7-5-,14-12-,18-6-,19-15+. The van der Waals surface area contributed by atoms with Gasteiger partial charge in [-0.05, 0) is 50.5 Å². The summed E-state index contributed by atoms with van der Waals surface area (Å²) in [6.45, 7) is 8.11. The van der Waals surface area contributed by atoms with Gasteiger partial charge in [0.05, 0.1) is 12.3 Å². The Balaban J connectivity index is 2.99. The summed E-state index contributed by atoms with van der Waals surface area (Å²) in [4.78, 5) is 4.65. The molecule has 2 nitrogen and oxygen atoms in total. The van der Waals surface area contributed by atoms with Crippen LogP contribution < -0.4 is 0 Å². The molecule has 20 heavy (non-hydrogen) atoms. The molecule has 0 atom stereocenters. The van der Waals surface area contributed by atoms with E-state index in [4.69, 9.17) is 5.11 Å². The highest BCUT2D eigenvalue weighted by atomic mass is 16.3. The molecule has 0 saturated heterocycles. The number of hydrogen-bond donors (Lipinski definition) is 1. The van der Waals surface area contributed by atoms with Gasteiger partial charge in [-0.25, -0.2) is 0 Å². The Morgan fingerprint density at radius 1 is 1.15 bits per heavy atom. The third kappa shape index (κ3) is 4.98. The van der Waals surface area contributed by atoms with Crippen LogP contribution in [-0.4, -0.2) is 10.8 Å². The van der Waals surface area contributed by atoms with E-state index >= 15 is 0 Å². The zero-order valence-electron chi connectivity index (χ0n) is 12.7. The molecule has 1 aromatic rings. The van der Waals surface area contributed by atoms with E-state index in [2.05, 4.69) is 24.1 Å². The van der Waals surface area contributed by atoms with Gasteiger partial charge in [-0.1, -0.05) is 42.5 Å². The zero-order valence-corrected chi connectivity index (χ0v) is 12.7. The summed E-state index contributed by atoms with van der Waals surface area (Å²) in [6, 6.07) is 7.82. The Morgan fingerprint density at radius 2 is 1.80 bits per heavy atom. The van der Waals surface area contributed by atoms with Gasteiger partial charge in [0.1, 0.15) is 0 Å². The number of aliphatic imine (C=N–C) groups is 1. The van der Waals surface area contributed by atoms with Crippen molar-refractivity contribution in [1.82, 2.24) is 0 Å². The van der Waals surface area contributed by atoms with Gasteiger partial charge >= 0.3 is 0 Å². The number of hydrogen-bond acceptors (Lipinski definition) is 2. The van der Waals surface area contributed by atoms with E-state index in [1.165, 1.54) is 5.57 Å². The van der Waals surface area contributed by atoms with Gasteiger partial charge in [0, 0.05) is 5.71 Å². The molecule has 0 heterocycles. The average Bonchev–Trinajstić information content (AvgIpc) is 2.45. The van der Waals surface area contributed by atoms with Crippen LogP contribution in [0.4, 0.5) is 0 Å². The first-order valence-electron chi connectivity index (χ1n) is 6.83. The van der Waals surface area contributed by atoms with Crippen LogP contribution in [0.15, 0.2) is 59.1 Å². The van der Waals surface area contributed by atoms with Crippen LogP contribution in [0, 0.1) is 0 Å². The molecule has 0 aliphatic heterocycles. The molecule has 1 N–H and O–H groups in total. The van der Waals surface area contributed by atoms with Gasteiger partial charge in [-0.15, -0.1) is 0 Å². The van der Waals surface area contributed by atoms with Gasteiger partial charge in [0.15, 0.2) is 0 Å². The lowest BCUT2D eigenvalue weighted by Gasteiger charge is -2.04. The van der Waals surface area contributed by atoms with Gasteiger partial charge in [0.2, 0.25) is 0 Å². The van der Waals surface area contributed by atoms with Gasteiger partial charge in [0.25, 0.3) is 0 Å². The lowest BCUT2D eigenvalue weighted by atomic mass is 10.1. The molecule has 106 valence electrons. The minimum Gasteiger partial charge on any atom is -0.392 e. The van der Waals surface area contributed by atoms with Crippen molar-refractivity contribution in [2.45, 2.75) is 34.3 Å². The summed E-state index contributed by atoms with van der Waals surface area (Å²) in [6.07, 6.45) is 8.13. The van der Waals surface area contributed by atoms with E-state index in [1.807, 2.05) is 57.2 Å². The molecule has 0 aliphatic rings. The quantitative estimate of drug-likeness (QED) is 0.618. The third-order valence-electron chi connectivity index (χ3n) is 2.87. The fourth-order valence-corrected chi connectivity index (χ4v) is 1.94. The molecule has 1 aromatic carbocycles. The summed E-state index contributed by atoms with van der Waals surface area (Å²) in [5.41, 5.74) is 5.06. The van der Waals surface area contributed by atoms with Crippen LogP contribution in [-0.2, 0) is 6.61 Å². The minimum atomic E-state index is 0.0685. The first kappa shape index (κ1) is 16.1. The second-order valence-corrected chi connectivity index (χ2v) is 4.67. The largest absolute Gasteiger partial charge is 0.392 e. The van der Waals surface area contributed by atoms with Crippen molar-refractivity contribution in [3.63, 3.8) is 0 Å². The van der Waals surface area contributed by atoms with Gasteiger partial charge in [-0.2, -0.15) is 0 Å². The average molecular weight is 269 g/mol. The molecule has 0 saturated carbocycles. The number of allylic oxidation sites excluding steroid dienone is 5. The Kier molecular flexibility index (Phi) is 6.68. The lowest BCUT2D eigenvalue weighted by Crippen LogP contribution is -1.90. The van der Waals surface area contributed by atoms with Crippen molar-refractivity contribution in [3.8, 4) is 0 Å². The van der Waals surface area contributed by atoms with Crippen molar-refractivity contribution in [3.05, 3.63) is 65.3 Å². The van der Waals surface area contributed by atoms with Crippen molar-refractivity contribution in [1.29, 1.82) is 0 Å². The first-order valence-corrected chi connectivity index (χ1v) is 6.83. The third-order valence-corrected chi connectivity index (χ3v) is 2.87. The summed E-state index contributed by atoms with van der Waals surface area (Å²) in [5.74, 6) is 0. The Bertz CT molecular complexity index is 545. The van der Waals surface area contributed by atoms with Gasteiger partial charge < -0.3 is 5.11 Å². The smallest absolute Gasteiger partial charge is 0.0681 e. The summed E-state index contributed by atoms with van der Waals surface area (Å²) >= 11 is 0. The predicted octanol–water partition coefficient (Wildman–Crippen LogP) is 4.52. The Morgan fingerprint density at radius 3 is 2.30 bits per heavy atom. The highest BCUT2D eigenvalue weighted by Crippen LogP contribution is 2.17. The first-order chi connectivity index (χ1) is 9.60. The molecule has 0 spiro atoms. The fraction of sp³-hybridized carbons (Fsp3) is 0.278.